The van der Waals surface area contributed by atoms with Crippen molar-refractivity contribution in [3.63, 3.8) is 0 Å². The predicted molar refractivity (Wildman–Crippen MR) is 126 cm³/mol. The minimum Gasteiger partial charge on any atom is -0.354 e. The van der Waals surface area contributed by atoms with E-state index in [2.05, 4.69) is 18.2 Å². The van der Waals surface area contributed by atoms with Crippen molar-refractivity contribution in [2.75, 3.05) is 26.2 Å². The van der Waals surface area contributed by atoms with Crippen LogP contribution in [0.25, 0.3) is 4.91 Å². The summed E-state index contributed by atoms with van der Waals surface area (Å²) in [6.07, 6.45) is 4.79. The van der Waals surface area contributed by atoms with Gasteiger partial charge in [-0.3, -0.25) is 4.79 Å². The molecular formula is C24H35N3O3S. The average molecular weight is 446 g/mol. The van der Waals surface area contributed by atoms with Gasteiger partial charge in [0.05, 0.1) is 0 Å². The van der Waals surface area contributed by atoms with E-state index >= 15 is 0 Å². The quantitative estimate of drug-likeness (QED) is 0.661. The van der Waals surface area contributed by atoms with Crippen molar-refractivity contribution >= 4 is 26.7 Å². The third kappa shape index (κ3) is 5.20. The minimum absolute atomic E-state index is 0.0371. The summed E-state index contributed by atoms with van der Waals surface area (Å²) in [5, 5.41) is 0. The van der Waals surface area contributed by atoms with E-state index in [0.29, 0.717) is 48.1 Å². The lowest BCUT2D eigenvalue weighted by Gasteiger charge is -2.25. The van der Waals surface area contributed by atoms with Crippen LogP contribution in [0.15, 0.2) is 34.2 Å². The van der Waals surface area contributed by atoms with Crippen molar-refractivity contribution in [1.82, 2.24) is 9.80 Å². The van der Waals surface area contributed by atoms with Crippen molar-refractivity contribution in [2.24, 2.45) is 10.3 Å². The second kappa shape index (κ2) is 9.98. The van der Waals surface area contributed by atoms with E-state index in [1.54, 1.807) is 0 Å². The van der Waals surface area contributed by atoms with Crippen LogP contribution in [0.2, 0.25) is 0 Å². The fourth-order valence-corrected chi connectivity index (χ4v) is 5.85. The monoisotopic (exact) mass is 445 g/mol. The van der Waals surface area contributed by atoms with Gasteiger partial charge in [-0.25, -0.2) is 0 Å². The van der Waals surface area contributed by atoms with Gasteiger partial charge in [-0.15, -0.1) is 4.40 Å². The topological polar surface area (TPSA) is 70.1 Å². The first-order valence-corrected chi connectivity index (χ1v) is 12.9. The van der Waals surface area contributed by atoms with E-state index < -0.39 is 10.0 Å². The van der Waals surface area contributed by atoms with Gasteiger partial charge >= 0.3 is 0 Å². The molecule has 0 saturated carbocycles. The minimum atomic E-state index is -3.73. The highest BCUT2D eigenvalue weighted by Gasteiger charge is 2.34. The molecule has 6 nitrogen and oxygen atoms in total. The van der Waals surface area contributed by atoms with Crippen LogP contribution in [0.1, 0.15) is 64.5 Å². The van der Waals surface area contributed by atoms with E-state index in [9.17, 15) is 13.2 Å². The molecule has 0 bridgehead atoms. The van der Waals surface area contributed by atoms with Gasteiger partial charge in [0.2, 0.25) is 5.91 Å². The molecule has 1 aromatic carbocycles. The number of aryl methyl sites for hydroxylation is 1. The summed E-state index contributed by atoms with van der Waals surface area (Å²) in [6.45, 7) is 10.7. The maximum Gasteiger partial charge on any atom is 0.285 e. The van der Waals surface area contributed by atoms with E-state index in [1.165, 1.54) is 5.56 Å². The predicted octanol–water partition coefficient (Wildman–Crippen LogP) is 4.08. The van der Waals surface area contributed by atoms with Gasteiger partial charge in [-0.2, -0.15) is 8.42 Å². The molecule has 1 atom stereocenters. The molecule has 1 saturated heterocycles. The number of carbonyl (C=O) groups is 1. The zero-order chi connectivity index (χ0) is 22.6. The Kier molecular flexibility index (Phi) is 7.57. The Balaban J connectivity index is 1.76. The Labute approximate surface area is 187 Å². The molecule has 0 radical (unpaired) electrons. The summed E-state index contributed by atoms with van der Waals surface area (Å²) in [6, 6.07) is 7.68. The van der Waals surface area contributed by atoms with Crippen LogP contribution in [0.4, 0.5) is 0 Å². The Morgan fingerprint density at radius 3 is 2.45 bits per heavy atom. The van der Waals surface area contributed by atoms with Gasteiger partial charge in [0.1, 0.15) is 10.7 Å². The molecule has 7 heteroatoms. The maximum absolute atomic E-state index is 12.9. The van der Waals surface area contributed by atoms with Gasteiger partial charge in [0.15, 0.2) is 0 Å². The summed E-state index contributed by atoms with van der Waals surface area (Å²) in [5.41, 5.74) is 2.55. The molecule has 31 heavy (non-hydrogen) atoms. The number of sulfonamides is 1. The standard InChI is InChI=1S/C24H35N3O3S/c1-5-7-9-18(3)24(28)27-15-8-14-26(16-17-27)23-19(4)22(31(29,30)25-23)21-12-10-20(6-2)11-13-21/h10-13,18H,5-9,14-17H2,1-4H3/t18-/m1/s1. The van der Waals surface area contributed by atoms with Gasteiger partial charge < -0.3 is 9.80 Å². The smallest absolute Gasteiger partial charge is 0.285 e. The lowest BCUT2D eigenvalue weighted by molar-refractivity contribution is -0.135. The summed E-state index contributed by atoms with van der Waals surface area (Å²) >= 11 is 0. The maximum atomic E-state index is 12.9. The summed E-state index contributed by atoms with van der Waals surface area (Å²) in [4.78, 5) is 17.1. The number of amides is 1. The first kappa shape index (κ1) is 23.5. The zero-order valence-corrected chi connectivity index (χ0v) is 20.0. The fraction of sp³-hybridized carbons (Fsp3) is 0.583. The average Bonchev–Trinajstić information content (AvgIpc) is 2.91. The molecule has 1 fully saturated rings. The number of unbranched alkanes of at least 4 members (excludes halogenated alkanes) is 1. The molecule has 0 unspecified atom stereocenters. The molecule has 3 rings (SSSR count). The van der Waals surface area contributed by atoms with Crippen LogP contribution in [0.5, 0.6) is 0 Å². The van der Waals surface area contributed by atoms with Crippen molar-refractivity contribution in [3.05, 3.63) is 41.0 Å². The molecule has 2 aliphatic heterocycles. The number of carbonyl (C=O) groups excluding carboxylic acids is 1. The normalized spacial score (nSPS) is 19.9. The van der Waals surface area contributed by atoms with Crippen molar-refractivity contribution in [2.45, 2.75) is 59.8 Å². The van der Waals surface area contributed by atoms with Gasteiger partial charge in [0, 0.05) is 37.7 Å². The van der Waals surface area contributed by atoms with Crippen LogP contribution in [0.3, 0.4) is 0 Å². The van der Waals surface area contributed by atoms with Crippen LogP contribution >= 0.6 is 0 Å². The molecule has 0 spiro atoms. The third-order valence-electron chi connectivity index (χ3n) is 6.28. The SMILES string of the molecule is CCCC[C@@H](C)C(=O)N1CCCN(C2=NS(=O)(=O)C(c3ccc(CC)cc3)=C2C)CC1. The second-order valence-electron chi connectivity index (χ2n) is 8.60. The molecule has 170 valence electrons. The van der Waals surface area contributed by atoms with Gasteiger partial charge in [-0.05, 0) is 37.3 Å². The zero-order valence-electron chi connectivity index (χ0n) is 19.2. The van der Waals surface area contributed by atoms with Crippen molar-refractivity contribution in [3.8, 4) is 0 Å². The molecule has 2 heterocycles. The molecule has 0 aromatic heterocycles. The fourth-order valence-electron chi connectivity index (χ4n) is 4.37. The van der Waals surface area contributed by atoms with E-state index in [0.717, 1.165) is 32.1 Å². The Bertz CT molecular complexity index is 964. The summed E-state index contributed by atoms with van der Waals surface area (Å²) in [5.74, 6) is 0.776. The molecule has 2 aliphatic rings. The highest BCUT2D eigenvalue weighted by Crippen LogP contribution is 2.34. The lowest BCUT2D eigenvalue weighted by Crippen LogP contribution is -2.39. The molecule has 1 amide bonds. The summed E-state index contributed by atoms with van der Waals surface area (Å²) in [7, 11) is -3.73. The van der Waals surface area contributed by atoms with Gasteiger partial charge in [0.25, 0.3) is 10.0 Å². The first-order valence-electron chi connectivity index (χ1n) is 11.5. The largest absolute Gasteiger partial charge is 0.354 e. The number of hydrogen-bond acceptors (Lipinski definition) is 4. The number of nitrogens with zero attached hydrogens (tertiary/aromatic N) is 3. The van der Waals surface area contributed by atoms with Crippen molar-refractivity contribution < 1.29 is 13.2 Å². The molecule has 0 aliphatic carbocycles. The number of rotatable bonds is 6. The molecule has 0 N–H and O–H groups in total. The lowest BCUT2D eigenvalue weighted by atomic mass is 10.0. The van der Waals surface area contributed by atoms with Crippen LogP contribution < -0.4 is 0 Å². The molecular weight excluding hydrogens is 410 g/mol. The number of hydrogen-bond donors (Lipinski definition) is 0. The van der Waals surface area contributed by atoms with Crippen LogP contribution in [-0.4, -0.2) is 56.1 Å². The Morgan fingerprint density at radius 2 is 1.81 bits per heavy atom. The van der Waals surface area contributed by atoms with E-state index in [-0.39, 0.29) is 11.8 Å². The van der Waals surface area contributed by atoms with Crippen molar-refractivity contribution in [1.29, 1.82) is 0 Å². The highest BCUT2D eigenvalue weighted by atomic mass is 32.2. The van der Waals surface area contributed by atoms with Crippen LogP contribution in [-0.2, 0) is 21.2 Å². The van der Waals surface area contributed by atoms with E-state index in [1.807, 2.05) is 47.9 Å². The second-order valence-corrected chi connectivity index (χ2v) is 10.1. The van der Waals surface area contributed by atoms with Crippen LogP contribution in [0, 0.1) is 5.92 Å². The van der Waals surface area contributed by atoms with Gasteiger partial charge in [-0.1, -0.05) is 57.9 Å². The van der Waals surface area contributed by atoms with E-state index in [4.69, 9.17) is 0 Å². The summed E-state index contributed by atoms with van der Waals surface area (Å²) < 4.78 is 29.9. The highest BCUT2D eigenvalue weighted by molar-refractivity contribution is 8.00. The Morgan fingerprint density at radius 1 is 1.10 bits per heavy atom. The number of benzene rings is 1. The number of amidine groups is 1. The molecule has 1 aromatic rings. The Hall–Kier alpha value is -2.15. The first-order chi connectivity index (χ1) is 14.8. The third-order valence-corrected chi connectivity index (χ3v) is 7.76.